The molecule has 6 aromatic heterocycles. The van der Waals surface area contributed by atoms with Crippen LogP contribution in [-0.4, -0.2) is 121 Å². The quantitative estimate of drug-likeness (QED) is 0.0486. The monoisotopic (exact) mass is 1270 g/mol. The molecule has 9 aromatic rings. The van der Waals surface area contributed by atoms with Gasteiger partial charge in [0.05, 0.1) is 47.5 Å². The van der Waals surface area contributed by atoms with Crippen molar-refractivity contribution in [3.8, 4) is 69.1 Å². The van der Waals surface area contributed by atoms with Gasteiger partial charge in [0.15, 0.2) is 17.5 Å². The average Bonchev–Trinajstić information content (AvgIpc) is 4.38. The molecule has 0 radical (unpaired) electrons. The zero-order chi connectivity index (χ0) is 61.4. The van der Waals surface area contributed by atoms with Crippen LogP contribution in [0.3, 0.4) is 0 Å². The van der Waals surface area contributed by atoms with Gasteiger partial charge in [-0.1, -0.05) is 41.7 Å². The minimum Gasteiger partial charge on any atom is -0.481 e. The molecule has 0 fully saturated rings. The summed E-state index contributed by atoms with van der Waals surface area (Å²) in [6.45, 7) is 8.10. The lowest BCUT2D eigenvalue weighted by molar-refractivity contribution is -0.156. The summed E-state index contributed by atoms with van der Waals surface area (Å²) in [6.07, 6.45) is 3.74. The minimum absolute atomic E-state index is 0. The van der Waals surface area contributed by atoms with E-state index in [4.69, 9.17) is 75.4 Å². The zero-order valence-electron chi connectivity index (χ0n) is 45.7. The number of hydrogen-bond donors (Lipinski definition) is 4. The Hall–Kier alpha value is -9.00. The van der Waals surface area contributed by atoms with Gasteiger partial charge in [0.1, 0.15) is 22.8 Å². The highest BCUT2D eigenvalue weighted by molar-refractivity contribution is 6.31. The molecule has 0 saturated carbocycles. The van der Waals surface area contributed by atoms with Crippen molar-refractivity contribution in [2.45, 2.75) is 84.3 Å². The number of benzene rings is 3. The highest BCUT2D eigenvalue weighted by Gasteiger charge is 2.21. The van der Waals surface area contributed by atoms with Crippen molar-refractivity contribution in [3.63, 3.8) is 0 Å². The number of halogens is 7. The van der Waals surface area contributed by atoms with Gasteiger partial charge in [-0.2, -0.15) is 14.4 Å². The van der Waals surface area contributed by atoms with Crippen molar-refractivity contribution < 1.29 is 56.7 Å². The summed E-state index contributed by atoms with van der Waals surface area (Å²) >= 11 is 17.0. The number of esters is 1. The summed E-state index contributed by atoms with van der Waals surface area (Å²) in [5.74, 6) is -2.60. The van der Waals surface area contributed by atoms with E-state index in [-0.39, 0.29) is 89.4 Å². The van der Waals surface area contributed by atoms with Crippen molar-refractivity contribution in [1.29, 1.82) is 0 Å². The predicted molar refractivity (Wildman–Crippen MR) is 305 cm³/mol. The number of nitrogens with zero attached hydrogens (tertiary/aromatic N) is 15. The molecular weight excluding hydrogens is 1220 g/mol. The van der Waals surface area contributed by atoms with Crippen LogP contribution in [0.15, 0.2) is 110 Å². The molecule has 3 aromatic carbocycles. The molecule has 0 amide bonds. The maximum atomic E-state index is 13.8. The predicted octanol–water partition coefficient (Wildman–Crippen LogP) is 9.35. The van der Waals surface area contributed by atoms with Gasteiger partial charge in [-0.15, -0.1) is 43.0 Å². The third kappa shape index (κ3) is 21.0. The fourth-order valence-electron chi connectivity index (χ4n) is 7.10. The van der Waals surface area contributed by atoms with E-state index in [1.165, 1.54) is 33.0 Å². The number of aromatic nitrogens is 15. The van der Waals surface area contributed by atoms with Gasteiger partial charge in [-0.05, 0) is 133 Å². The number of carboxylic acid groups (broad SMARTS) is 2. The van der Waals surface area contributed by atoms with Crippen LogP contribution in [0.4, 0.5) is 13.2 Å². The first-order valence-corrected chi connectivity index (χ1v) is 26.3. The Morgan fingerprint density at radius 3 is 1.12 bits per heavy atom. The lowest BCUT2D eigenvalue weighted by Gasteiger charge is -2.20. The molecule has 86 heavy (non-hydrogen) atoms. The number of tetrazole rings is 3. The van der Waals surface area contributed by atoms with E-state index in [1.807, 2.05) is 27.7 Å². The average molecular weight is 1270 g/mol. The molecule has 0 saturated heterocycles. The molecule has 6 heterocycles. The molecule has 0 aliphatic rings. The Kier molecular flexibility index (Phi) is 23.6. The second-order valence-electron chi connectivity index (χ2n) is 19.3. The number of carboxylic acids is 2. The number of aliphatic carboxylic acids is 2. The Morgan fingerprint density at radius 1 is 0.535 bits per heavy atom. The van der Waals surface area contributed by atoms with Crippen LogP contribution in [0.1, 0.15) is 47.0 Å². The van der Waals surface area contributed by atoms with Gasteiger partial charge in [-0.3, -0.25) is 14.4 Å². The third-order valence-corrected chi connectivity index (χ3v) is 11.4. The van der Waals surface area contributed by atoms with E-state index < -0.39 is 47.1 Å². The molecule has 452 valence electrons. The SMILES string of the molecule is C[C@@H](CC(=O)OC(C)(C)C)Cn1nnc(-c2ccc(Oc3ncc(Cl)cc3F)cc2)n1.Cl.N[C@@H](CC(=O)O)Cn1nnc(-c2ccc(Oc3ncc(Cl)cc3F)cc2)n1.N[C@@H](CC(=O)O)Cn1nnc(-c2ccc(Oc3ncc(Cl)cc3F)cc2)n1. The number of ether oxygens (including phenoxy) is 4. The first kappa shape index (κ1) is 66.1. The minimum atomic E-state index is -0.995. The number of carbonyl (C=O) groups excluding carboxylic acids is 1. The van der Waals surface area contributed by atoms with E-state index in [2.05, 4.69) is 61.2 Å². The van der Waals surface area contributed by atoms with Crippen LogP contribution >= 0.6 is 47.2 Å². The summed E-state index contributed by atoms with van der Waals surface area (Å²) in [5.41, 5.74) is 12.9. The lowest BCUT2D eigenvalue weighted by Crippen LogP contribution is -2.30. The molecule has 26 nitrogen and oxygen atoms in total. The second kappa shape index (κ2) is 30.7. The molecule has 33 heteroatoms. The molecule has 0 aliphatic heterocycles. The Labute approximate surface area is 507 Å². The number of rotatable bonds is 21. The van der Waals surface area contributed by atoms with Crippen LogP contribution in [-0.2, 0) is 38.8 Å². The second-order valence-corrected chi connectivity index (χ2v) is 20.6. The van der Waals surface area contributed by atoms with Gasteiger partial charge in [0.25, 0.3) is 17.6 Å². The molecule has 9 rings (SSSR count). The third-order valence-electron chi connectivity index (χ3n) is 10.7. The highest BCUT2D eigenvalue weighted by atomic mass is 35.5. The van der Waals surface area contributed by atoms with E-state index in [0.717, 1.165) is 18.2 Å². The summed E-state index contributed by atoms with van der Waals surface area (Å²) in [6, 6.07) is 21.9. The molecular formula is C53H52Cl4F3N17O9. The molecule has 0 unspecified atom stereocenters. The van der Waals surface area contributed by atoms with Crippen LogP contribution in [0.25, 0.3) is 34.2 Å². The standard InChI is InChI=1S/C21H23ClFN5O3.2C16H14ClFN6O3.ClH/c1-13(9-18(29)31-21(2,3)4)12-28-26-19(25-27-28)14-5-7-16(8-6-14)30-20-17(23)10-15(22)11-24-20;2*17-10-5-13(18)16(20-7-10)27-12-3-1-9(2-4-12)15-21-23-24(22-15)8-11(19)6-14(25)26;/h5-8,10-11,13H,9,12H2,1-4H3;2*1-5,7,11H,6,8,19H2,(H,25,26);1H/t13-;2*11-;/m000./s1. The van der Waals surface area contributed by atoms with E-state index >= 15 is 0 Å². The highest BCUT2D eigenvalue weighted by Crippen LogP contribution is 2.29. The van der Waals surface area contributed by atoms with Gasteiger partial charge in [-0.25, -0.2) is 28.1 Å². The zero-order valence-corrected chi connectivity index (χ0v) is 48.7. The van der Waals surface area contributed by atoms with Crippen molar-refractivity contribution in [2.24, 2.45) is 17.4 Å². The lowest BCUT2D eigenvalue weighted by atomic mass is 10.1. The Balaban J connectivity index is 0.000000206. The maximum absolute atomic E-state index is 13.8. The van der Waals surface area contributed by atoms with Crippen molar-refractivity contribution in [2.75, 3.05) is 0 Å². The summed E-state index contributed by atoms with van der Waals surface area (Å²) in [5, 5.41) is 54.3. The molecule has 0 bridgehead atoms. The smallest absolute Gasteiger partial charge is 0.306 e. The van der Waals surface area contributed by atoms with Crippen molar-refractivity contribution in [1.82, 2.24) is 75.6 Å². The first-order valence-electron chi connectivity index (χ1n) is 25.2. The van der Waals surface area contributed by atoms with Gasteiger partial charge < -0.3 is 40.6 Å². The Bertz CT molecular complexity index is 3560. The molecule has 0 spiro atoms. The summed E-state index contributed by atoms with van der Waals surface area (Å²) in [7, 11) is 0. The maximum Gasteiger partial charge on any atom is 0.306 e. The fraction of sp³-hybridized carbons (Fsp3) is 0.264. The topological polar surface area (TPSA) is 350 Å². The molecule has 6 N–H and O–H groups in total. The van der Waals surface area contributed by atoms with Gasteiger partial charge >= 0.3 is 17.9 Å². The van der Waals surface area contributed by atoms with Gasteiger partial charge in [0, 0.05) is 53.8 Å². The molecule has 3 atom stereocenters. The van der Waals surface area contributed by atoms with Crippen LogP contribution < -0.4 is 25.7 Å². The molecule has 0 aliphatic carbocycles. The van der Waals surface area contributed by atoms with Crippen LogP contribution in [0, 0.1) is 23.4 Å². The number of carbonyl (C=O) groups is 3. The number of nitrogens with two attached hydrogens (primary N) is 2. The van der Waals surface area contributed by atoms with Crippen LogP contribution in [0.2, 0.25) is 15.1 Å². The summed E-state index contributed by atoms with van der Waals surface area (Å²) < 4.78 is 62.8. The normalized spacial score (nSPS) is 12.0. The van der Waals surface area contributed by atoms with Gasteiger partial charge in [0.2, 0.25) is 17.5 Å². The van der Waals surface area contributed by atoms with Crippen molar-refractivity contribution >= 4 is 65.1 Å². The number of hydrogen-bond acceptors (Lipinski definition) is 21. The van der Waals surface area contributed by atoms with Crippen molar-refractivity contribution in [3.05, 3.63) is 142 Å². The summed E-state index contributed by atoms with van der Waals surface area (Å²) in [4.78, 5) is 48.5. The number of pyridine rings is 3. The van der Waals surface area contributed by atoms with Crippen LogP contribution in [0.5, 0.6) is 34.9 Å². The van der Waals surface area contributed by atoms with E-state index in [9.17, 15) is 27.6 Å². The Morgan fingerprint density at radius 2 is 0.837 bits per heavy atom. The first-order chi connectivity index (χ1) is 40.4. The fourth-order valence-corrected chi connectivity index (χ4v) is 7.53. The largest absolute Gasteiger partial charge is 0.481 e. The van der Waals surface area contributed by atoms with E-state index in [0.29, 0.717) is 58.0 Å². The van der Waals surface area contributed by atoms with E-state index in [1.54, 1.807) is 72.8 Å².